The van der Waals surface area contributed by atoms with E-state index in [1.165, 1.54) is 12.1 Å². The summed E-state index contributed by atoms with van der Waals surface area (Å²) in [6, 6.07) is 15.5. The Morgan fingerprint density at radius 1 is 0.968 bits per heavy atom. The molecule has 2 aromatic carbocycles. The van der Waals surface area contributed by atoms with E-state index >= 15 is 0 Å². The van der Waals surface area contributed by atoms with Crippen LogP contribution in [0.5, 0.6) is 5.75 Å². The Bertz CT molecular complexity index is 1370. The molecule has 5 aromatic rings. The molecular weight excluding hydrogens is 397 g/mol. The van der Waals surface area contributed by atoms with Crippen molar-refractivity contribution in [2.75, 3.05) is 0 Å². The van der Waals surface area contributed by atoms with Crippen molar-refractivity contribution in [1.82, 2.24) is 24.8 Å². The van der Waals surface area contributed by atoms with Crippen LogP contribution >= 0.6 is 0 Å². The van der Waals surface area contributed by atoms with Crippen LogP contribution in [0.25, 0.3) is 28.6 Å². The number of hydrogen-bond donors (Lipinski definition) is 0. The molecule has 3 aromatic heterocycles. The van der Waals surface area contributed by atoms with Crippen molar-refractivity contribution in [3.63, 3.8) is 0 Å². The van der Waals surface area contributed by atoms with Gasteiger partial charge in [-0.1, -0.05) is 24.3 Å². The van der Waals surface area contributed by atoms with Gasteiger partial charge in [0, 0.05) is 11.4 Å². The van der Waals surface area contributed by atoms with Crippen LogP contribution in [0.2, 0.25) is 0 Å². The quantitative estimate of drug-likeness (QED) is 0.411. The van der Waals surface area contributed by atoms with E-state index in [4.69, 9.17) is 9.15 Å². The first-order valence-corrected chi connectivity index (χ1v) is 9.71. The maximum atomic E-state index is 13.1. The van der Waals surface area contributed by atoms with E-state index in [9.17, 15) is 4.39 Å². The zero-order valence-electron chi connectivity index (χ0n) is 16.9. The van der Waals surface area contributed by atoms with Gasteiger partial charge in [-0.25, -0.2) is 13.9 Å². The van der Waals surface area contributed by atoms with E-state index in [0.717, 1.165) is 17.0 Å². The molecule has 5 rings (SSSR count). The predicted octanol–water partition coefficient (Wildman–Crippen LogP) is 4.78. The van der Waals surface area contributed by atoms with Gasteiger partial charge in [-0.2, -0.15) is 5.10 Å². The average Bonchev–Trinajstić information content (AvgIpc) is 3.41. The second kappa shape index (κ2) is 7.64. The topological polar surface area (TPSA) is 78.3 Å². The average molecular weight is 415 g/mol. The van der Waals surface area contributed by atoms with Crippen molar-refractivity contribution in [3.05, 3.63) is 83.6 Å². The summed E-state index contributed by atoms with van der Waals surface area (Å²) in [6.45, 7) is 4.18. The molecule has 3 heterocycles. The van der Waals surface area contributed by atoms with E-state index in [0.29, 0.717) is 34.3 Å². The fourth-order valence-corrected chi connectivity index (χ4v) is 3.37. The van der Waals surface area contributed by atoms with Gasteiger partial charge in [0.1, 0.15) is 23.7 Å². The second-order valence-corrected chi connectivity index (χ2v) is 7.16. The summed E-state index contributed by atoms with van der Waals surface area (Å²) in [6.07, 6.45) is 1.67. The molecule has 0 bridgehead atoms. The Balaban J connectivity index is 1.46. The van der Waals surface area contributed by atoms with Crippen LogP contribution in [0.3, 0.4) is 0 Å². The Morgan fingerprint density at radius 3 is 2.52 bits per heavy atom. The number of para-hydroxylation sites is 1. The van der Waals surface area contributed by atoms with Gasteiger partial charge in [-0.15, -0.1) is 10.2 Å². The predicted molar refractivity (Wildman–Crippen MR) is 112 cm³/mol. The van der Waals surface area contributed by atoms with Gasteiger partial charge in [0.2, 0.25) is 0 Å². The molecule has 0 aliphatic carbocycles. The lowest BCUT2D eigenvalue weighted by atomic mass is 10.2. The number of benzene rings is 2. The number of aromatic nitrogens is 5. The van der Waals surface area contributed by atoms with Gasteiger partial charge in [0.15, 0.2) is 5.65 Å². The highest BCUT2D eigenvalue weighted by Gasteiger charge is 2.19. The molecule has 7 nitrogen and oxygen atoms in total. The minimum atomic E-state index is -0.282. The van der Waals surface area contributed by atoms with Crippen LogP contribution in [0.15, 0.2) is 65.2 Å². The molecule has 154 valence electrons. The number of aryl methyl sites for hydroxylation is 2. The number of rotatable bonds is 5. The maximum absolute atomic E-state index is 13.1. The molecule has 8 heteroatoms. The summed E-state index contributed by atoms with van der Waals surface area (Å²) in [7, 11) is 0. The monoisotopic (exact) mass is 415 g/mol. The van der Waals surface area contributed by atoms with E-state index in [1.807, 2.05) is 44.2 Å². The summed E-state index contributed by atoms with van der Waals surface area (Å²) in [4.78, 5) is 4.56. The molecule has 0 aliphatic rings. The van der Waals surface area contributed by atoms with Gasteiger partial charge in [-0.3, -0.25) is 0 Å². The van der Waals surface area contributed by atoms with Gasteiger partial charge < -0.3 is 9.15 Å². The molecule has 0 radical (unpaired) electrons. The molecule has 0 fully saturated rings. The molecule has 0 spiro atoms. The molecule has 0 saturated heterocycles. The molecule has 0 saturated carbocycles. The zero-order valence-corrected chi connectivity index (χ0v) is 16.9. The molecule has 0 amide bonds. The Kier molecular flexibility index (Phi) is 4.66. The lowest BCUT2D eigenvalue weighted by molar-refractivity contribution is 0.306. The third-order valence-corrected chi connectivity index (χ3v) is 4.86. The third-order valence-electron chi connectivity index (χ3n) is 4.86. The van der Waals surface area contributed by atoms with E-state index < -0.39 is 0 Å². The van der Waals surface area contributed by atoms with Crippen molar-refractivity contribution < 1.29 is 13.5 Å². The number of halogens is 1. The van der Waals surface area contributed by atoms with Crippen molar-refractivity contribution in [2.24, 2.45) is 0 Å². The van der Waals surface area contributed by atoms with Crippen LogP contribution in [0.4, 0.5) is 4.39 Å². The smallest absolute Gasteiger partial charge is 0.253 e. The van der Waals surface area contributed by atoms with Crippen LogP contribution in [-0.2, 0) is 6.61 Å². The number of ether oxygens (including phenoxy) is 1. The van der Waals surface area contributed by atoms with Crippen LogP contribution < -0.4 is 4.74 Å². The molecule has 0 unspecified atom stereocenters. The SMILES string of the molecule is Cc1cc(C)n2ncc(-c3nnc(-c4ccccc4OCc4ccc(F)cc4)o3)c2n1. The summed E-state index contributed by atoms with van der Waals surface area (Å²) in [5, 5.41) is 12.8. The second-order valence-electron chi connectivity index (χ2n) is 7.16. The maximum Gasteiger partial charge on any atom is 0.253 e. The fourth-order valence-electron chi connectivity index (χ4n) is 3.37. The Hall–Kier alpha value is -4.07. The number of fused-ring (bicyclic) bond motifs is 1. The van der Waals surface area contributed by atoms with Crippen LogP contribution in [0, 0.1) is 19.7 Å². The molecule has 0 atom stereocenters. The van der Waals surface area contributed by atoms with Crippen molar-refractivity contribution >= 4 is 5.65 Å². The first-order valence-electron chi connectivity index (χ1n) is 9.71. The summed E-state index contributed by atoms with van der Waals surface area (Å²) < 4.78 is 26.8. The van der Waals surface area contributed by atoms with E-state index in [-0.39, 0.29) is 12.4 Å². The Morgan fingerprint density at radius 2 is 1.71 bits per heavy atom. The zero-order chi connectivity index (χ0) is 21.4. The molecule has 31 heavy (non-hydrogen) atoms. The van der Waals surface area contributed by atoms with Gasteiger partial charge in [-0.05, 0) is 49.7 Å². The highest BCUT2D eigenvalue weighted by Crippen LogP contribution is 2.32. The van der Waals surface area contributed by atoms with Crippen LogP contribution in [0.1, 0.15) is 17.0 Å². The molecule has 0 aliphatic heterocycles. The fraction of sp³-hybridized carbons (Fsp3) is 0.130. The van der Waals surface area contributed by atoms with Crippen molar-refractivity contribution in [3.8, 4) is 28.7 Å². The highest BCUT2D eigenvalue weighted by atomic mass is 19.1. The minimum Gasteiger partial charge on any atom is -0.488 e. The van der Waals surface area contributed by atoms with Gasteiger partial charge >= 0.3 is 0 Å². The summed E-state index contributed by atoms with van der Waals surface area (Å²) in [5.74, 6) is 0.964. The summed E-state index contributed by atoms with van der Waals surface area (Å²) >= 11 is 0. The third kappa shape index (κ3) is 3.63. The normalized spacial score (nSPS) is 11.2. The van der Waals surface area contributed by atoms with Gasteiger partial charge in [0.25, 0.3) is 11.8 Å². The van der Waals surface area contributed by atoms with Crippen LogP contribution in [-0.4, -0.2) is 24.8 Å². The minimum absolute atomic E-state index is 0.282. The standard InChI is InChI=1S/C23H18FN5O2/c1-14-11-15(2)29-21(26-14)19(12-25-29)23-28-27-22(31-23)18-5-3-4-6-20(18)30-13-16-7-9-17(24)10-8-16/h3-12H,13H2,1-2H3. The van der Waals surface area contributed by atoms with Crippen molar-refractivity contribution in [2.45, 2.75) is 20.5 Å². The summed E-state index contributed by atoms with van der Waals surface area (Å²) in [5.41, 5.74) is 4.69. The van der Waals surface area contributed by atoms with E-state index in [1.54, 1.807) is 22.8 Å². The lowest BCUT2D eigenvalue weighted by Crippen LogP contribution is -1.97. The number of nitrogens with zero attached hydrogens (tertiary/aromatic N) is 5. The van der Waals surface area contributed by atoms with Gasteiger partial charge in [0.05, 0.1) is 11.8 Å². The molecule has 0 N–H and O–H groups in total. The highest BCUT2D eigenvalue weighted by molar-refractivity contribution is 5.72. The largest absolute Gasteiger partial charge is 0.488 e. The Labute approximate surface area is 177 Å². The van der Waals surface area contributed by atoms with Crippen molar-refractivity contribution in [1.29, 1.82) is 0 Å². The number of hydrogen-bond acceptors (Lipinski definition) is 6. The first-order chi connectivity index (χ1) is 15.1. The molecular formula is C23H18FN5O2. The van der Waals surface area contributed by atoms with E-state index in [2.05, 4.69) is 20.3 Å². The lowest BCUT2D eigenvalue weighted by Gasteiger charge is -2.09. The first kappa shape index (κ1) is 18.9.